The van der Waals surface area contributed by atoms with Crippen molar-refractivity contribution in [3.05, 3.63) is 150 Å². The molecule has 1 aliphatic rings. The molecule has 0 N–H and O–H groups in total. The average Bonchev–Trinajstić information content (AvgIpc) is 3.10. The van der Waals surface area contributed by atoms with E-state index in [1.54, 1.807) is 0 Å². The van der Waals surface area contributed by atoms with E-state index in [0.717, 1.165) is 28.3 Å². The third kappa shape index (κ3) is 10.9. The van der Waals surface area contributed by atoms with Crippen LogP contribution in [0.1, 0.15) is 16.7 Å². The van der Waals surface area contributed by atoms with Crippen LogP contribution in [0.25, 0.3) is 0 Å². The molecule has 0 aromatic heterocycles. The van der Waals surface area contributed by atoms with Gasteiger partial charge in [-0.25, -0.2) is 0 Å². The summed E-state index contributed by atoms with van der Waals surface area (Å²) in [5, 5.41) is 0. The number of hydrogen-bond donors (Lipinski definition) is 0. The summed E-state index contributed by atoms with van der Waals surface area (Å²) < 4.78 is 47.7. The van der Waals surface area contributed by atoms with Gasteiger partial charge >= 0.3 is 0 Å². The highest BCUT2D eigenvalue weighted by Crippen LogP contribution is 2.34. The highest BCUT2D eigenvalue weighted by molar-refractivity contribution is 7.85. The molecule has 8 heteroatoms. The Balaban J connectivity index is 1.49. The fourth-order valence-corrected chi connectivity index (χ4v) is 8.87. The number of ether oxygens (including phenoxy) is 5. The van der Waals surface area contributed by atoms with Crippen molar-refractivity contribution in [2.45, 2.75) is 80.3 Å². The van der Waals surface area contributed by atoms with Crippen molar-refractivity contribution in [3.63, 3.8) is 0 Å². The molecule has 6 atom stereocenters. The van der Waals surface area contributed by atoms with Gasteiger partial charge in [0.25, 0.3) is 0 Å². The van der Waals surface area contributed by atoms with Crippen LogP contribution in [0.5, 0.6) is 0 Å². The summed E-state index contributed by atoms with van der Waals surface area (Å²) in [6, 6.07) is 40.4. The summed E-state index contributed by atoms with van der Waals surface area (Å²) >= 11 is 0. The number of benzene rings is 4. The fourth-order valence-electron chi connectivity index (χ4n) is 5.86. The summed E-state index contributed by atoms with van der Waals surface area (Å²) in [4.78, 5) is 0.659. The zero-order valence-corrected chi connectivity index (χ0v) is 30.1. The molecule has 0 bridgehead atoms. The molecule has 0 spiro atoms. The smallest absolute Gasteiger partial charge is 0.166 e. The highest BCUT2D eigenvalue weighted by atomic mass is 32.2. The zero-order valence-electron chi connectivity index (χ0n) is 28.2. The van der Waals surface area contributed by atoms with Crippen LogP contribution in [-0.2, 0) is 54.3 Å². The summed E-state index contributed by atoms with van der Waals surface area (Å²) in [7, 11) is -3.01. The SMILES string of the molecule is C=C(CO[C@H]1[C@@H](OCc2ccccc2)[C@H](OCc2ccccc2)[C@@H](COCc2ccccc2)O[C@@H]1S(=O)c1ccccc1)C[Si](C)(C)C. The molecule has 1 aliphatic heterocycles. The second kappa shape index (κ2) is 18.0. The number of rotatable bonds is 17. The van der Waals surface area contributed by atoms with Crippen molar-refractivity contribution in [3.8, 4) is 0 Å². The van der Waals surface area contributed by atoms with Gasteiger partial charge in [-0.2, -0.15) is 0 Å². The summed E-state index contributed by atoms with van der Waals surface area (Å²) in [6.07, 6.45) is -2.49. The Bertz CT molecular complexity index is 1550. The van der Waals surface area contributed by atoms with Gasteiger partial charge in [0.2, 0.25) is 0 Å². The minimum Gasteiger partial charge on any atom is -0.374 e. The molecule has 1 heterocycles. The van der Waals surface area contributed by atoms with Crippen LogP contribution in [0.3, 0.4) is 0 Å². The van der Waals surface area contributed by atoms with Gasteiger partial charge in [-0.3, -0.25) is 4.21 Å². The predicted molar refractivity (Wildman–Crippen MR) is 195 cm³/mol. The maximum Gasteiger partial charge on any atom is 0.166 e. The Morgan fingerprint density at radius 1 is 0.667 bits per heavy atom. The molecule has 0 aliphatic carbocycles. The topological polar surface area (TPSA) is 63.2 Å². The van der Waals surface area contributed by atoms with Gasteiger partial charge in [-0.05, 0) is 34.9 Å². The van der Waals surface area contributed by atoms with E-state index >= 15 is 0 Å². The first-order valence-electron chi connectivity index (χ1n) is 16.6. The third-order valence-electron chi connectivity index (χ3n) is 8.00. The summed E-state index contributed by atoms with van der Waals surface area (Å²) in [5.74, 6) is 0. The molecule has 6 nitrogen and oxygen atoms in total. The van der Waals surface area contributed by atoms with Crippen molar-refractivity contribution >= 4 is 18.9 Å². The fraction of sp³-hybridized carbons (Fsp3) is 0.350. The maximum absolute atomic E-state index is 14.4. The third-order valence-corrected chi connectivity index (χ3v) is 11.1. The van der Waals surface area contributed by atoms with Crippen LogP contribution >= 0.6 is 0 Å². The van der Waals surface area contributed by atoms with E-state index in [2.05, 4.69) is 26.2 Å². The zero-order chi connectivity index (χ0) is 33.8. The van der Waals surface area contributed by atoms with E-state index in [1.807, 2.05) is 121 Å². The van der Waals surface area contributed by atoms with Crippen LogP contribution in [0.4, 0.5) is 0 Å². The average molecular weight is 685 g/mol. The van der Waals surface area contributed by atoms with Crippen molar-refractivity contribution < 1.29 is 27.9 Å². The molecule has 4 aromatic carbocycles. The van der Waals surface area contributed by atoms with Gasteiger partial charge in [0.15, 0.2) is 5.44 Å². The first-order chi connectivity index (χ1) is 23.3. The standard InChI is InChI=1S/C40H48O6SSi/c1-31(30-48(2,3)4)25-43-39-38(45-28-34-21-13-7-14-22-34)37(44-27-33-19-11-6-12-20-33)36(29-42-26-32-17-9-5-10-18-32)46-40(39)47(41)35-23-15-8-16-24-35/h5-24,36-40H,1,25-30H2,2-4H3/t36-,37-,38+,39+,40-,47?/m1/s1. The van der Waals surface area contributed by atoms with Gasteiger partial charge in [-0.15, -0.1) is 0 Å². The maximum atomic E-state index is 14.4. The minimum absolute atomic E-state index is 0.219. The molecule has 1 unspecified atom stereocenters. The van der Waals surface area contributed by atoms with E-state index < -0.39 is 48.7 Å². The molecule has 1 saturated heterocycles. The predicted octanol–water partition coefficient (Wildman–Crippen LogP) is 8.19. The molecule has 5 rings (SSSR count). The van der Waals surface area contributed by atoms with Crippen LogP contribution in [-0.4, -0.2) is 55.3 Å². The van der Waals surface area contributed by atoms with Crippen molar-refractivity contribution in [1.82, 2.24) is 0 Å². The van der Waals surface area contributed by atoms with Crippen molar-refractivity contribution in [2.24, 2.45) is 0 Å². The Hall–Kier alpha value is -3.21. The quantitative estimate of drug-likeness (QED) is 0.0826. The van der Waals surface area contributed by atoms with Crippen LogP contribution in [0.15, 0.2) is 138 Å². The van der Waals surface area contributed by atoms with E-state index in [9.17, 15) is 4.21 Å². The van der Waals surface area contributed by atoms with E-state index in [4.69, 9.17) is 23.7 Å². The lowest BCUT2D eigenvalue weighted by molar-refractivity contribution is -0.252. The normalized spacial score (nSPS) is 21.9. The van der Waals surface area contributed by atoms with Crippen LogP contribution < -0.4 is 0 Å². The molecule has 48 heavy (non-hydrogen) atoms. The lowest BCUT2D eigenvalue weighted by atomic mass is 9.99. The molecule has 1 fully saturated rings. The molecule has 254 valence electrons. The Morgan fingerprint density at radius 2 is 1.15 bits per heavy atom. The van der Waals surface area contributed by atoms with Gasteiger partial charge in [0, 0.05) is 13.0 Å². The number of hydrogen-bond acceptors (Lipinski definition) is 6. The van der Waals surface area contributed by atoms with E-state index in [1.165, 1.54) is 0 Å². The molecule has 4 aromatic rings. The molecule has 0 saturated carbocycles. The molecule has 0 radical (unpaired) electrons. The van der Waals surface area contributed by atoms with E-state index in [0.29, 0.717) is 31.3 Å². The second-order valence-electron chi connectivity index (χ2n) is 13.4. The van der Waals surface area contributed by atoms with E-state index in [-0.39, 0.29) is 6.61 Å². The largest absolute Gasteiger partial charge is 0.374 e. The van der Waals surface area contributed by atoms with Gasteiger partial charge in [0.1, 0.15) is 24.4 Å². The Morgan fingerprint density at radius 3 is 1.67 bits per heavy atom. The van der Waals surface area contributed by atoms with Crippen molar-refractivity contribution in [1.29, 1.82) is 0 Å². The van der Waals surface area contributed by atoms with Crippen molar-refractivity contribution in [2.75, 3.05) is 13.2 Å². The summed E-state index contributed by atoms with van der Waals surface area (Å²) in [5.41, 5.74) is 3.27. The molecular formula is C40H48O6SSi. The summed E-state index contributed by atoms with van der Waals surface area (Å²) in [6.45, 7) is 12.9. The molecule has 0 amide bonds. The highest BCUT2D eigenvalue weighted by Gasteiger charge is 2.51. The van der Waals surface area contributed by atoms with Gasteiger partial charge < -0.3 is 23.7 Å². The second-order valence-corrected chi connectivity index (χ2v) is 20.4. The lowest BCUT2D eigenvalue weighted by Gasteiger charge is -2.46. The Labute approximate surface area is 289 Å². The van der Waals surface area contributed by atoms with Crippen LogP contribution in [0, 0.1) is 0 Å². The lowest BCUT2D eigenvalue weighted by Crippen LogP contribution is -2.62. The Kier molecular flexibility index (Phi) is 13.5. The monoisotopic (exact) mass is 684 g/mol. The molecular weight excluding hydrogens is 637 g/mol. The minimum atomic E-state index is -1.58. The van der Waals surface area contributed by atoms with Crippen LogP contribution in [0.2, 0.25) is 25.7 Å². The van der Waals surface area contributed by atoms with Gasteiger partial charge in [-0.1, -0.05) is 141 Å². The van der Waals surface area contributed by atoms with Gasteiger partial charge in [0.05, 0.1) is 43.8 Å². The first kappa shape index (κ1) is 36.1. The first-order valence-corrected chi connectivity index (χ1v) is 21.5.